The van der Waals surface area contributed by atoms with Crippen molar-refractivity contribution >= 4 is 6.03 Å². The molecule has 0 spiro atoms. The molecule has 2 amide bonds. The Morgan fingerprint density at radius 2 is 1.67 bits per heavy atom. The van der Waals surface area contributed by atoms with Gasteiger partial charge >= 0.3 is 6.03 Å². The molecule has 2 saturated heterocycles. The lowest BCUT2D eigenvalue weighted by atomic mass is 9.94. The van der Waals surface area contributed by atoms with Crippen molar-refractivity contribution in [3.8, 4) is 0 Å². The first-order chi connectivity index (χ1) is 8.61. The maximum atomic E-state index is 12.4. The zero-order valence-electron chi connectivity index (χ0n) is 12.0. The standard InChI is InChI=1S/C14H27N3O/c1-11-4-7-16(8-5-11)14(18)17-9-6-13(15-3)12(2)10-17/h11-13,15H,4-10H2,1-3H3. The smallest absolute Gasteiger partial charge is 0.320 e. The van der Waals surface area contributed by atoms with Crippen molar-refractivity contribution in [3.05, 3.63) is 0 Å². The number of nitrogens with zero attached hydrogens (tertiary/aromatic N) is 2. The second-order valence-electron chi connectivity index (χ2n) is 6.06. The van der Waals surface area contributed by atoms with Crippen LogP contribution in [0.1, 0.15) is 33.1 Å². The first-order valence-electron chi connectivity index (χ1n) is 7.33. The second-order valence-corrected chi connectivity index (χ2v) is 6.06. The van der Waals surface area contributed by atoms with Crippen LogP contribution in [0.5, 0.6) is 0 Å². The van der Waals surface area contributed by atoms with E-state index >= 15 is 0 Å². The van der Waals surface area contributed by atoms with Crippen molar-refractivity contribution in [3.63, 3.8) is 0 Å². The van der Waals surface area contributed by atoms with Crippen LogP contribution in [0.25, 0.3) is 0 Å². The van der Waals surface area contributed by atoms with E-state index in [9.17, 15) is 4.79 Å². The molecule has 0 aromatic carbocycles. The van der Waals surface area contributed by atoms with Crippen LogP contribution in [0, 0.1) is 11.8 Å². The van der Waals surface area contributed by atoms with Gasteiger partial charge < -0.3 is 15.1 Å². The van der Waals surface area contributed by atoms with E-state index in [2.05, 4.69) is 24.1 Å². The second kappa shape index (κ2) is 5.91. The number of likely N-dealkylation sites (tertiary alicyclic amines) is 2. The maximum Gasteiger partial charge on any atom is 0.320 e. The first-order valence-corrected chi connectivity index (χ1v) is 7.33. The van der Waals surface area contributed by atoms with Gasteiger partial charge in [0.1, 0.15) is 0 Å². The fourth-order valence-corrected chi connectivity index (χ4v) is 3.15. The molecule has 0 saturated carbocycles. The van der Waals surface area contributed by atoms with E-state index in [1.165, 1.54) is 0 Å². The lowest BCUT2D eigenvalue weighted by molar-refractivity contribution is 0.108. The third-order valence-corrected chi connectivity index (χ3v) is 4.60. The average molecular weight is 253 g/mol. The predicted octanol–water partition coefficient (Wildman–Crippen LogP) is 1.77. The fraction of sp³-hybridized carbons (Fsp3) is 0.929. The van der Waals surface area contributed by atoms with Gasteiger partial charge in [-0.1, -0.05) is 13.8 Å². The van der Waals surface area contributed by atoms with Gasteiger partial charge in [-0.3, -0.25) is 0 Å². The Balaban J connectivity index is 1.86. The van der Waals surface area contributed by atoms with Crippen molar-refractivity contribution in [1.82, 2.24) is 15.1 Å². The SMILES string of the molecule is CNC1CCN(C(=O)N2CCC(C)CC2)CC1C. The minimum atomic E-state index is 0.267. The molecule has 4 heteroatoms. The van der Waals surface area contributed by atoms with Gasteiger partial charge in [-0.25, -0.2) is 4.79 Å². The van der Waals surface area contributed by atoms with Gasteiger partial charge in [-0.15, -0.1) is 0 Å². The normalized spacial score (nSPS) is 30.6. The molecule has 18 heavy (non-hydrogen) atoms. The topological polar surface area (TPSA) is 35.6 Å². The van der Waals surface area contributed by atoms with Gasteiger partial charge in [-0.2, -0.15) is 0 Å². The van der Waals surface area contributed by atoms with E-state index in [0.29, 0.717) is 12.0 Å². The number of hydrogen-bond acceptors (Lipinski definition) is 2. The summed E-state index contributed by atoms with van der Waals surface area (Å²) in [4.78, 5) is 16.5. The molecule has 104 valence electrons. The van der Waals surface area contributed by atoms with Gasteiger partial charge in [0.05, 0.1) is 0 Å². The Morgan fingerprint density at radius 3 is 2.22 bits per heavy atom. The average Bonchev–Trinajstić information content (AvgIpc) is 2.38. The van der Waals surface area contributed by atoms with Crippen molar-refractivity contribution in [2.75, 3.05) is 33.2 Å². The number of rotatable bonds is 1. The molecule has 0 bridgehead atoms. The number of piperidine rings is 2. The third kappa shape index (κ3) is 2.97. The molecule has 2 rings (SSSR count). The zero-order chi connectivity index (χ0) is 13.1. The lowest BCUT2D eigenvalue weighted by Gasteiger charge is -2.40. The van der Waals surface area contributed by atoms with E-state index in [0.717, 1.165) is 51.4 Å². The van der Waals surface area contributed by atoms with Gasteiger partial charge in [-0.05, 0) is 38.1 Å². The largest absolute Gasteiger partial charge is 0.325 e. The van der Waals surface area contributed by atoms with Crippen LogP contribution < -0.4 is 5.32 Å². The van der Waals surface area contributed by atoms with Crippen molar-refractivity contribution in [1.29, 1.82) is 0 Å². The molecule has 2 unspecified atom stereocenters. The molecule has 2 fully saturated rings. The molecule has 0 aromatic rings. The Bertz CT molecular complexity index is 287. The monoisotopic (exact) mass is 253 g/mol. The first kappa shape index (κ1) is 13.7. The molecule has 4 nitrogen and oxygen atoms in total. The molecule has 1 N–H and O–H groups in total. The highest BCUT2D eigenvalue weighted by Crippen LogP contribution is 2.21. The number of amides is 2. The van der Waals surface area contributed by atoms with Crippen molar-refractivity contribution in [2.45, 2.75) is 39.2 Å². The summed E-state index contributed by atoms with van der Waals surface area (Å²) in [6.45, 7) is 8.21. The van der Waals surface area contributed by atoms with Crippen molar-refractivity contribution < 1.29 is 4.79 Å². The van der Waals surface area contributed by atoms with Crippen LogP contribution in [0.4, 0.5) is 4.79 Å². The minimum Gasteiger partial charge on any atom is -0.325 e. The summed E-state index contributed by atoms with van der Waals surface area (Å²) in [6, 6.07) is 0.832. The highest BCUT2D eigenvalue weighted by atomic mass is 16.2. The fourth-order valence-electron chi connectivity index (χ4n) is 3.15. The van der Waals surface area contributed by atoms with Gasteiger partial charge in [0, 0.05) is 32.2 Å². The highest BCUT2D eigenvalue weighted by molar-refractivity contribution is 5.74. The van der Waals surface area contributed by atoms with Gasteiger partial charge in [0.15, 0.2) is 0 Å². The Hall–Kier alpha value is -0.770. The molecule has 2 atom stereocenters. The van der Waals surface area contributed by atoms with Crippen molar-refractivity contribution in [2.24, 2.45) is 11.8 Å². The Labute approximate surface area is 111 Å². The van der Waals surface area contributed by atoms with E-state index in [1.807, 2.05) is 11.9 Å². The van der Waals surface area contributed by atoms with Crippen LogP contribution in [0.15, 0.2) is 0 Å². The maximum absolute atomic E-state index is 12.4. The minimum absolute atomic E-state index is 0.267. The molecular formula is C14H27N3O. The van der Waals surface area contributed by atoms with Crippen LogP contribution in [-0.2, 0) is 0 Å². The van der Waals surface area contributed by atoms with Gasteiger partial charge in [0.25, 0.3) is 0 Å². The molecule has 2 aliphatic rings. The summed E-state index contributed by atoms with van der Waals surface area (Å²) >= 11 is 0. The summed E-state index contributed by atoms with van der Waals surface area (Å²) < 4.78 is 0. The number of urea groups is 1. The Kier molecular flexibility index (Phi) is 4.49. The van der Waals surface area contributed by atoms with Crippen LogP contribution in [-0.4, -0.2) is 55.1 Å². The van der Waals surface area contributed by atoms with Gasteiger partial charge in [0.2, 0.25) is 0 Å². The number of carbonyl (C=O) groups is 1. The van der Waals surface area contributed by atoms with E-state index in [1.54, 1.807) is 0 Å². The molecule has 2 aliphatic heterocycles. The molecule has 0 aromatic heterocycles. The number of nitrogens with one attached hydrogen (secondary N) is 1. The van der Waals surface area contributed by atoms with E-state index in [-0.39, 0.29) is 6.03 Å². The number of carbonyl (C=O) groups excluding carboxylic acids is 1. The highest BCUT2D eigenvalue weighted by Gasteiger charge is 2.31. The molecule has 2 heterocycles. The Morgan fingerprint density at radius 1 is 1.06 bits per heavy atom. The predicted molar refractivity (Wildman–Crippen MR) is 73.6 cm³/mol. The van der Waals surface area contributed by atoms with Crippen LogP contribution in [0.2, 0.25) is 0 Å². The third-order valence-electron chi connectivity index (χ3n) is 4.60. The lowest BCUT2D eigenvalue weighted by Crippen LogP contribution is -2.54. The zero-order valence-corrected chi connectivity index (χ0v) is 12.0. The summed E-state index contributed by atoms with van der Waals surface area (Å²) in [5.41, 5.74) is 0. The number of hydrogen-bond donors (Lipinski definition) is 1. The summed E-state index contributed by atoms with van der Waals surface area (Å²) in [6.07, 6.45) is 3.40. The van der Waals surface area contributed by atoms with E-state index < -0.39 is 0 Å². The molecule has 0 aliphatic carbocycles. The summed E-state index contributed by atoms with van der Waals surface area (Å²) in [5, 5.41) is 3.35. The summed E-state index contributed by atoms with van der Waals surface area (Å²) in [7, 11) is 2.02. The van der Waals surface area contributed by atoms with E-state index in [4.69, 9.17) is 0 Å². The molecule has 0 radical (unpaired) electrons. The summed E-state index contributed by atoms with van der Waals surface area (Å²) in [5.74, 6) is 1.33. The van der Waals surface area contributed by atoms with Crippen LogP contribution >= 0.6 is 0 Å². The quantitative estimate of drug-likeness (QED) is 0.773. The van der Waals surface area contributed by atoms with Crippen LogP contribution in [0.3, 0.4) is 0 Å². The molecular weight excluding hydrogens is 226 g/mol.